The maximum atomic E-state index is 12.6. The molecule has 1 aromatic heterocycles. The van der Waals surface area contributed by atoms with Crippen molar-refractivity contribution in [3.05, 3.63) is 51.9 Å². The minimum atomic E-state index is -0.508. The maximum absolute atomic E-state index is 12.6. The fourth-order valence-electron chi connectivity index (χ4n) is 2.85. The van der Waals surface area contributed by atoms with Gasteiger partial charge in [-0.3, -0.25) is 9.59 Å². The highest BCUT2D eigenvalue weighted by atomic mass is 35.5. The molecule has 1 aliphatic heterocycles. The van der Waals surface area contributed by atoms with Gasteiger partial charge in [0.2, 0.25) is 5.91 Å². The van der Waals surface area contributed by atoms with E-state index in [1.165, 1.54) is 4.68 Å². The zero-order chi connectivity index (χ0) is 18.0. The van der Waals surface area contributed by atoms with Gasteiger partial charge in [-0.1, -0.05) is 29.8 Å². The maximum Gasteiger partial charge on any atom is 0.292 e. The van der Waals surface area contributed by atoms with Crippen molar-refractivity contribution in [2.24, 2.45) is 5.73 Å². The zero-order valence-corrected chi connectivity index (χ0v) is 14.7. The van der Waals surface area contributed by atoms with Gasteiger partial charge in [0.15, 0.2) is 0 Å². The number of nitrogens with two attached hydrogens (primary N) is 1. The van der Waals surface area contributed by atoms with Crippen LogP contribution in [0, 0.1) is 0 Å². The van der Waals surface area contributed by atoms with E-state index in [0.29, 0.717) is 37.6 Å². The Morgan fingerprint density at radius 2 is 1.84 bits per heavy atom. The zero-order valence-electron chi connectivity index (χ0n) is 13.9. The summed E-state index contributed by atoms with van der Waals surface area (Å²) in [4.78, 5) is 28.2. The summed E-state index contributed by atoms with van der Waals surface area (Å²) in [7, 11) is 0. The van der Waals surface area contributed by atoms with Gasteiger partial charge in [-0.2, -0.15) is 9.78 Å². The Labute approximate surface area is 150 Å². The summed E-state index contributed by atoms with van der Waals surface area (Å²) < 4.78 is 1.28. The quantitative estimate of drug-likeness (QED) is 0.877. The molecule has 2 N–H and O–H groups in total. The second-order valence-corrected chi connectivity index (χ2v) is 6.38. The van der Waals surface area contributed by atoms with E-state index in [-0.39, 0.29) is 16.5 Å². The van der Waals surface area contributed by atoms with Crippen LogP contribution in [0.15, 0.2) is 41.3 Å². The SMILES string of the molecule is CC(N)C(=O)N1CCN(c2cnn(-c3ccccc3)c(=O)c2Cl)CC1. The molecule has 0 radical (unpaired) electrons. The van der Waals surface area contributed by atoms with Crippen molar-refractivity contribution < 1.29 is 4.79 Å². The number of hydrogen-bond acceptors (Lipinski definition) is 5. The molecular weight excluding hydrogens is 342 g/mol. The Kier molecular flexibility index (Phi) is 5.06. The van der Waals surface area contributed by atoms with Crippen molar-refractivity contribution in [1.82, 2.24) is 14.7 Å². The molecule has 1 amide bonds. The molecule has 1 fully saturated rings. The number of piperazine rings is 1. The van der Waals surface area contributed by atoms with Crippen molar-refractivity contribution in [3.63, 3.8) is 0 Å². The van der Waals surface area contributed by atoms with Crippen LogP contribution in [0.1, 0.15) is 6.92 Å². The molecular formula is C17H20ClN5O2. The molecule has 0 bridgehead atoms. The lowest BCUT2D eigenvalue weighted by molar-refractivity contribution is -0.132. The van der Waals surface area contributed by atoms with Crippen molar-refractivity contribution >= 4 is 23.2 Å². The first-order valence-electron chi connectivity index (χ1n) is 8.11. The minimum absolute atomic E-state index is 0.0663. The monoisotopic (exact) mass is 361 g/mol. The Hall–Kier alpha value is -2.38. The fourth-order valence-corrected chi connectivity index (χ4v) is 3.10. The number of benzene rings is 1. The largest absolute Gasteiger partial charge is 0.365 e. The number of nitrogens with zero attached hydrogens (tertiary/aromatic N) is 4. The van der Waals surface area contributed by atoms with Crippen LogP contribution in [0.25, 0.3) is 5.69 Å². The number of hydrogen-bond donors (Lipinski definition) is 1. The predicted octanol–water partition coefficient (Wildman–Crippen LogP) is 0.882. The van der Waals surface area contributed by atoms with Crippen molar-refractivity contribution in [2.75, 3.05) is 31.1 Å². The van der Waals surface area contributed by atoms with Crippen LogP contribution in [0.4, 0.5) is 5.69 Å². The molecule has 25 heavy (non-hydrogen) atoms. The third-order valence-corrected chi connectivity index (χ3v) is 4.58. The van der Waals surface area contributed by atoms with Gasteiger partial charge in [0.05, 0.1) is 23.6 Å². The summed E-state index contributed by atoms with van der Waals surface area (Å²) in [5.74, 6) is -0.0663. The molecule has 0 aliphatic carbocycles. The predicted molar refractivity (Wildman–Crippen MR) is 97.3 cm³/mol. The molecule has 2 aromatic rings. The van der Waals surface area contributed by atoms with Gasteiger partial charge in [0.1, 0.15) is 5.02 Å². The molecule has 2 heterocycles. The highest BCUT2D eigenvalue weighted by Gasteiger charge is 2.25. The smallest absolute Gasteiger partial charge is 0.292 e. The number of halogens is 1. The average molecular weight is 362 g/mol. The van der Waals surface area contributed by atoms with Crippen molar-refractivity contribution in [1.29, 1.82) is 0 Å². The van der Waals surface area contributed by atoms with E-state index < -0.39 is 6.04 Å². The van der Waals surface area contributed by atoms with Crippen LogP contribution >= 0.6 is 11.6 Å². The molecule has 0 spiro atoms. The fraction of sp³-hybridized carbons (Fsp3) is 0.353. The van der Waals surface area contributed by atoms with Gasteiger partial charge < -0.3 is 15.5 Å². The van der Waals surface area contributed by atoms with E-state index in [2.05, 4.69) is 5.10 Å². The first-order chi connectivity index (χ1) is 12.0. The first kappa shape index (κ1) is 17.4. The Balaban J connectivity index is 1.80. The average Bonchev–Trinajstić information content (AvgIpc) is 2.64. The van der Waals surface area contributed by atoms with Crippen LogP contribution < -0.4 is 16.2 Å². The summed E-state index contributed by atoms with van der Waals surface area (Å²) in [6.45, 7) is 3.92. The topological polar surface area (TPSA) is 84.5 Å². The van der Waals surface area contributed by atoms with E-state index in [1.807, 2.05) is 23.1 Å². The number of aromatic nitrogens is 2. The molecule has 1 atom stereocenters. The number of para-hydroxylation sites is 1. The van der Waals surface area contributed by atoms with Gasteiger partial charge in [-0.25, -0.2) is 0 Å². The molecule has 7 nitrogen and oxygen atoms in total. The van der Waals surface area contributed by atoms with Crippen molar-refractivity contribution in [3.8, 4) is 5.69 Å². The summed E-state index contributed by atoms with van der Waals surface area (Å²) in [6.07, 6.45) is 1.60. The number of rotatable bonds is 3. The van der Waals surface area contributed by atoms with E-state index in [1.54, 1.807) is 30.2 Å². The molecule has 1 saturated heterocycles. The molecule has 8 heteroatoms. The number of carbonyl (C=O) groups excluding carboxylic acids is 1. The van der Waals surface area contributed by atoms with Crippen LogP contribution in [0.3, 0.4) is 0 Å². The number of amides is 1. The normalized spacial score (nSPS) is 16.0. The molecule has 1 aliphatic rings. The highest BCUT2D eigenvalue weighted by molar-refractivity contribution is 6.33. The van der Waals surface area contributed by atoms with Crippen LogP contribution in [-0.4, -0.2) is 52.8 Å². The van der Waals surface area contributed by atoms with Crippen molar-refractivity contribution in [2.45, 2.75) is 13.0 Å². The second kappa shape index (κ2) is 7.25. The van der Waals surface area contributed by atoms with E-state index >= 15 is 0 Å². The summed E-state index contributed by atoms with van der Waals surface area (Å²) in [6, 6.07) is 8.62. The molecule has 3 rings (SSSR count). The van der Waals surface area contributed by atoms with Gasteiger partial charge in [0.25, 0.3) is 5.56 Å². The Bertz CT molecular complexity index is 814. The van der Waals surface area contributed by atoms with E-state index in [9.17, 15) is 9.59 Å². The molecule has 1 aromatic carbocycles. The van der Waals surface area contributed by atoms with Crippen LogP contribution in [-0.2, 0) is 4.79 Å². The third kappa shape index (κ3) is 3.52. The van der Waals surface area contributed by atoms with Gasteiger partial charge in [-0.15, -0.1) is 0 Å². The number of carbonyl (C=O) groups is 1. The lowest BCUT2D eigenvalue weighted by atomic mass is 10.2. The Morgan fingerprint density at radius 1 is 1.20 bits per heavy atom. The Morgan fingerprint density at radius 3 is 2.44 bits per heavy atom. The summed E-state index contributed by atoms with van der Waals surface area (Å²) >= 11 is 6.32. The molecule has 132 valence electrons. The number of anilines is 1. The lowest BCUT2D eigenvalue weighted by Crippen LogP contribution is -2.52. The van der Waals surface area contributed by atoms with Crippen LogP contribution in [0.5, 0.6) is 0 Å². The first-order valence-corrected chi connectivity index (χ1v) is 8.49. The van der Waals surface area contributed by atoms with Gasteiger partial charge in [0, 0.05) is 26.2 Å². The van der Waals surface area contributed by atoms with Gasteiger partial charge >= 0.3 is 0 Å². The third-order valence-electron chi connectivity index (χ3n) is 4.22. The van der Waals surface area contributed by atoms with E-state index in [4.69, 9.17) is 17.3 Å². The van der Waals surface area contributed by atoms with Gasteiger partial charge in [-0.05, 0) is 19.1 Å². The van der Waals surface area contributed by atoms with Crippen LogP contribution in [0.2, 0.25) is 5.02 Å². The second-order valence-electron chi connectivity index (χ2n) is 6.00. The highest BCUT2D eigenvalue weighted by Crippen LogP contribution is 2.23. The lowest BCUT2D eigenvalue weighted by Gasteiger charge is -2.36. The summed E-state index contributed by atoms with van der Waals surface area (Å²) in [5, 5.41) is 4.37. The molecule has 1 unspecified atom stereocenters. The van der Waals surface area contributed by atoms with E-state index in [0.717, 1.165) is 0 Å². The minimum Gasteiger partial charge on any atom is -0.365 e. The summed E-state index contributed by atoms with van der Waals surface area (Å²) in [5.41, 5.74) is 6.54. The standard InChI is InChI=1S/C17H20ClN5O2/c1-12(19)16(24)22-9-7-21(8-10-22)14-11-20-23(17(25)15(14)18)13-5-3-2-4-6-13/h2-6,11-12H,7-10,19H2,1H3. The molecule has 0 saturated carbocycles.